The number of hydrogen-bond acceptors (Lipinski definition) is 8. The summed E-state index contributed by atoms with van der Waals surface area (Å²) in [5.41, 5.74) is 2.83. The van der Waals surface area contributed by atoms with Gasteiger partial charge in [-0.15, -0.1) is 0 Å². The second-order valence-corrected chi connectivity index (χ2v) is 9.70. The van der Waals surface area contributed by atoms with E-state index in [-0.39, 0.29) is 34.3 Å². The number of carbonyl (C=O) groups excluding carboxylic acids is 1. The number of carbonyl (C=O) groups is 1. The number of hydrogen-bond donors (Lipinski definition) is 1. The van der Waals surface area contributed by atoms with Crippen LogP contribution in [0.15, 0.2) is 76.7 Å². The van der Waals surface area contributed by atoms with Gasteiger partial charge in [-0.2, -0.15) is 5.10 Å². The molecule has 1 heterocycles. The van der Waals surface area contributed by atoms with Crippen molar-refractivity contribution in [3.63, 3.8) is 0 Å². The lowest BCUT2D eigenvalue weighted by atomic mass is 10.1. The smallest absolute Gasteiger partial charge is 0.270 e. The largest absolute Gasteiger partial charge is 0.486 e. The number of rotatable bonds is 8. The van der Waals surface area contributed by atoms with Gasteiger partial charge in [0.05, 0.1) is 21.2 Å². The number of nitro benzene ring substituents is 1. The van der Waals surface area contributed by atoms with Crippen LogP contribution in [0.1, 0.15) is 12.5 Å². The number of fused-ring (bicyclic) bond motifs is 1. The molecule has 0 aliphatic carbocycles. The lowest BCUT2D eigenvalue weighted by Gasteiger charge is -2.25. The van der Waals surface area contributed by atoms with Gasteiger partial charge in [-0.1, -0.05) is 12.1 Å². The number of nitrogens with zero attached hydrogens (tertiary/aromatic N) is 3. The van der Waals surface area contributed by atoms with Gasteiger partial charge in [0.15, 0.2) is 11.5 Å². The predicted molar refractivity (Wildman–Crippen MR) is 132 cm³/mol. The number of amides is 1. The molecule has 1 amide bonds. The van der Waals surface area contributed by atoms with Crippen LogP contribution in [-0.4, -0.2) is 44.7 Å². The lowest BCUT2D eigenvalue weighted by Crippen LogP contribution is -2.39. The molecule has 0 unspecified atom stereocenters. The van der Waals surface area contributed by atoms with Gasteiger partial charge < -0.3 is 9.47 Å². The zero-order valence-corrected chi connectivity index (χ0v) is 20.3. The van der Waals surface area contributed by atoms with Gasteiger partial charge in [0.25, 0.3) is 21.6 Å². The van der Waals surface area contributed by atoms with Gasteiger partial charge in [-0.3, -0.25) is 19.2 Å². The Labute approximate surface area is 211 Å². The highest BCUT2D eigenvalue weighted by Gasteiger charge is 2.29. The summed E-state index contributed by atoms with van der Waals surface area (Å²) >= 11 is 0. The Morgan fingerprint density at radius 2 is 1.78 bits per heavy atom. The van der Waals surface area contributed by atoms with Crippen molar-refractivity contribution in [2.24, 2.45) is 5.10 Å². The van der Waals surface area contributed by atoms with Crippen molar-refractivity contribution in [1.29, 1.82) is 0 Å². The summed E-state index contributed by atoms with van der Waals surface area (Å²) in [5.74, 6) is -0.743. The highest BCUT2D eigenvalue weighted by Crippen LogP contribution is 2.34. The van der Waals surface area contributed by atoms with E-state index in [1.165, 1.54) is 55.5 Å². The lowest BCUT2D eigenvalue weighted by molar-refractivity contribution is -0.384. The van der Waals surface area contributed by atoms with E-state index >= 15 is 0 Å². The van der Waals surface area contributed by atoms with Crippen molar-refractivity contribution < 1.29 is 32.0 Å². The first-order chi connectivity index (χ1) is 17.6. The number of nitro groups is 1. The quantitative estimate of drug-likeness (QED) is 0.269. The zero-order chi connectivity index (χ0) is 26.6. The molecular formula is C24H21FN4O7S. The summed E-state index contributed by atoms with van der Waals surface area (Å²) in [6, 6.07) is 14.3. The molecule has 0 aromatic heterocycles. The second-order valence-electron chi connectivity index (χ2n) is 7.83. The summed E-state index contributed by atoms with van der Waals surface area (Å²) in [6.07, 6.45) is 0. The van der Waals surface area contributed by atoms with E-state index in [1.54, 1.807) is 6.07 Å². The van der Waals surface area contributed by atoms with Crippen molar-refractivity contribution in [3.05, 3.63) is 88.2 Å². The Morgan fingerprint density at radius 3 is 2.49 bits per heavy atom. The Balaban J connectivity index is 1.60. The van der Waals surface area contributed by atoms with Crippen LogP contribution in [0.4, 0.5) is 15.8 Å². The van der Waals surface area contributed by atoms with Crippen LogP contribution in [0.25, 0.3) is 0 Å². The molecule has 13 heteroatoms. The van der Waals surface area contributed by atoms with Crippen LogP contribution in [0, 0.1) is 15.9 Å². The van der Waals surface area contributed by atoms with Gasteiger partial charge in [0, 0.05) is 23.8 Å². The number of nitrogens with one attached hydrogen (secondary N) is 1. The molecule has 0 fully saturated rings. The van der Waals surface area contributed by atoms with E-state index in [2.05, 4.69) is 10.5 Å². The first-order valence-electron chi connectivity index (χ1n) is 10.9. The van der Waals surface area contributed by atoms with E-state index in [1.807, 2.05) is 0 Å². The maximum Gasteiger partial charge on any atom is 0.270 e. The fourth-order valence-electron chi connectivity index (χ4n) is 3.45. The van der Waals surface area contributed by atoms with Crippen LogP contribution in [-0.2, 0) is 14.8 Å². The molecule has 1 aliphatic rings. The Bertz CT molecular complexity index is 1480. The normalized spacial score (nSPS) is 13.1. The Hall–Kier alpha value is -4.52. The second kappa shape index (κ2) is 10.6. The van der Waals surface area contributed by atoms with Crippen LogP contribution in [0.2, 0.25) is 0 Å². The van der Waals surface area contributed by atoms with E-state index in [9.17, 15) is 27.7 Å². The summed E-state index contributed by atoms with van der Waals surface area (Å²) in [5, 5.41) is 14.9. The molecule has 1 aliphatic heterocycles. The number of non-ortho nitro benzene ring substituents is 1. The van der Waals surface area contributed by atoms with Crippen molar-refractivity contribution in [2.45, 2.75) is 11.8 Å². The molecule has 0 saturated heterocycles. The van der Waals surface area contributed by atoms with E-state index in [4.69, 9.17) is 9.47 Å². The number of halogens is 1. The molecule has 4 rings (SSSR count). The highest BCUT2D eigenvalue weighted by molar-refractivity contribution is 7.92. The predicted octanol–water partition coefficient (Wildman–Crippen LogP) is 3.24. The Kier molecular flexibility index (Phi) is 7.34. The van der Waals surface area contributed by atoms with Crippen LogP contribution in [0.5, 0.6) is 11.5 Å². The average Bonchev–Trinajstić information content (AvgIpc) is 2.90. The van der Waals surface area contributed by atoms with Crippen molar-refractivity contribution in [3.8, 4) is 11.5 Å². The topological polar surface area (TPSA) is 140 Å². The Morgan fingerprint density at radius 1 is 1.08 bits per heavy atom. The van der Waals surface area contributed by atoms with Gasteiger partial charge in [0.1, 0.15) is 25.6 Å². The van der Waals surface area contributed by atoms with Gasteiger partial charge in [-0.25, -0.2) is 18.2 Å². The minimum absolute atomic E-state index is 0.0471. The molecule has 0 bridgehead atoms. The number of sulfonamides is 1. The third-order valence-electron chi connectivity index (χ3n) is 5.33. The zero-order valence-electron chi connectivity index (χ0n) is 19.5. The number of benzene rings is 3. The number of anilines is 1. The molecule has 0 spiro atoms. The first kappa shape index (κ1) is 25.6. The summed E-state index contributed by atoms with van der Waals surface area (Å²) in [6.45, 7) is 1.43. The molecule has 0 saturated carbocycles. The number of ether oxygens (including phenoxy) is 2. The molecule has 37 heavy (non-hydrogen) atoms. The fraction of sp³-hybridized carbons (Fsp3) is 0.167. The van der Waals surface area contributed by atoms with Crippen molar-refractivity contribution >= 4 is 33.0 Å². The standard InChI is InChI=1S/C24H21FN4O7S/c1-16(17-3-2-4-20(13-17)29(31)32)26-27-24(30)15-28(19-7-5-18(25)6-8-19)37(33,34)21-9-10-22-23(14-21)36-12-11-35-22/h2-10,13-14H,11-12,15H2,1H3,(H,27,30)/b26-16-. The van der Waals surface area contributed by atoms with Crippen molar-refractivity contribution in [1.82, 2.24) is 5.43 Å². The summed E-state index contributed by atoms with van der Waals surface area (Å²) < 4.78 is 52.4. The number of hydrazone groups is 1. The molecule has 192 valence electrons. The SMILES string of the molecule is C/C(=N/NC(=O)CN(c1ccc(F)cc1)S(=O)(=O)c1ccc2c(c1)OCCO2)c1cccc([N+](=O)[O-])c1. The fourth-order valence-corrected chi connectivity index (χ4v) is 4.89. The maximum atomic E-state index is 13.6. The highest BCUT2D eigenvalue weighted by atomic mass is 32.2. The third-order valence-corrected chi connectivity index (χ3v) is 7.10. The van der Waals surface area contributed by atoms with Gasteiger partial charge in [0.2, 0.25) is 0 Å². The minimum Gasteiger partial charge on any atom is -0.486 e. The molecule has 3 aromatic carbocycles. The first-order valence-corrected chi connectivity index (χ1v) is 12.3. The maximum absolute atomic E-state index is 13.6. The molecule has 0 radical (unpaired) electrons. The molecule has 1 N–H and O–H groups in total. The van der Waals surface area contributed by atoms with Crippen molar-refractivity contribution in [2.75, 3.05) is 24.1 Å². The summed E-state index contributed by atoms with van der Waals surface area (Å²) in [4.78, 5) is 23.0. The van der Waals surface area contributed by atoms with Crippen LogP contribution in [0.3, 0.4) is 0 Å². The van der Waals surface area contributed by atoms with E-state index in [0.717, 1.165) is 16.4 Å². The monoisotopic (exact) mass is 528 g/mol. The average molecular weight is 529 g/mol. The van der Waals surface area contributed by atoms with E-state index in [0.29, 0.717) is 17.9 Å². The van der Waals surface area contributed by atoms with Crippen LogP contribution >= 0.6 is 0 Å². The van der Waals surface area contributed by atoms with Gasteiger partial charge >= 0.3 is 0 Å². The molecule has 11 nitrogen and oxygen atoms in total. The third kappa shape index (κ3) is 5.83. The molecule has 3 aromatic rings. The van der Waals surface area contributed by atoms with Crippen LogP contribution < -0.4 is 19.2 Å². The molecular weight excluding hydrogens is 507 g/mol. The molecule has 0 atom stereocenters. The summed E-state index contributed by atoms with van der Waals surface area (Å²) in [7, 11) is -4.31. The van der Waals surface area contributed by atoms with Gasteiger partial charge in [-0.05, 0) is 43.3 Å². The minimum atomic E-state index is -4.31. The van der Waals surface area contributed by atoms with E-state index < -0.39 is 33.2 Å².